The molecule has 3 aromatic rings. The summed E-state index contributed by atoms with van der Waals surface area (Å²) in [6, 6.07) is 9.35. The van der Waals surface area contributed by atoms with Gasteiger partial charge in [0.1, 0.15) is 14.1 Å². The van der Waals surface area contributed by atoms with Crippen LogP contribution >= 0.6 is 11.3 Å². The van der Waals surface area contributed by atoms with Gasteiger partial charge in [-0.1, -0.05) is 30.3 Å². The van der Waals surface area contributed by atoms with Crippen molar-refractivity contribution in [2.75, 3.05) is 0 Å². The SMILES string of the molecule is NCc1ncc(S(=O)(=O)c2cnc(-c3ccccc3)nc2)s1. The quantitative estimate of drug-likeness (QED) is 0.783. The minimum Gasteiger partial charge on any atom is -0.325 e. The van der Waals surface area contributed by atoms with E-state index in [2.05, 4.69) is 15.0 Å². The first-order valence-corrected chi connectivity index (χ1v) is 8.68. The summed E-state index contributed by atoms with van der Waals surface area (Å²) in [5.41, 5.74) is 6.29. The summed E-state index contributed by atoms with van der Waals surface area (Å²) in [6.45, 7) is 0.212. The highest BCUT2D eigenvalue weighted by Gasteiger charge is 2.21. The van der Waals surface area contributed by atoms with Crippen molar-refractivity contribution >= 4 is 21.2 Å². The number of aromatic nitrogens is 3. The Labute approximate surface area is 131 Å². The highest BCUT2D eigenvalue weighted by Crippen LogP contribution is 2.25. The lowest BCUT2D eigenvalue weighted by molar-refractivity contribution is 0.597. The Morgan fingerprint density at radius 3 is 2.27 bits per heavy atom. The van der Waals surface area contributed by atoms with Crippen molar-refractivity contribution in [2.24, 2.45) is 5.73 Å². The molecule has 22 heavy (non-hydrogen) atoms. The number of thiazole rings is 1. The molecular formula is C14H12N4O2S2. The van der Waals surface area contributed by atoms with Gasteiger partial charge in [0.15, 0.2) is 5.82 Å². The summed E-state index contributed by atoms with van der Waals surface area (Å²) in [4.78, 5) is 12.3. The summed E-state index contributed by atoms with van der Waals surface area (Å²) < 4.78 is 25.1. The summed E-state index contributed by atoms with van der Waals surface area (Å²) in [5.74, 6) is 0.478. The van der Waals surface area contributed by atoms with Crippen molar-refractivity contribution < 1.29 is 8.42 Å². The summed E-state index contributed by atoms with van der Waals surface area (Å²) in [7, 11) is -3.65. The molecule has 0 spiro atoms. The fourth-order valence-electron chi connectivity index (χ4n) is 1.82. The van der Waals surface area contributed by atoms with E-state index in [-0.39, 0.29) is 15.6 Å². The first kappa shape index (κ1) is 14.8. The second-order valence-corrected chi connectivity index (χ2v) is 7.68. The molecule has 2 heterocycles. The van der Waals surface area contributed by atoms with Crippen LogP contribution in [0.15, 0.2) is 58.0 Å². The smallest absolute Gasteiger partial charge is 0.220 e. The van der Waals surface area contributed by atoms with Gasteiger partial charge in [0.25, 0.3) is 0 Å². The van der Waals surface area contributed by atoms with Crippen molar-refractivity contribution in [1.82, 2.24) is 15.0 Å². The molecule has 0 amide bonds. The summed E-state index contributed by atoms with van der Waals surface area (Å²) in [6.07, 6.45) is 3.94. The number of hydrogen-bond acceptors (Lipinski definition) is 7. The molecular weight excluding hydrogens is 320 g/mol. The van der Waals surface area contributed by atoms with Crippen molar-refractivity contribution in [2.45, 2.75) is 15.6 Å². The Balaban J connectivity index is 1.95. The van der Waals surface area contributed by atoms with Crippen LogP contribution in [-0.2, 0) is 16.4 Å². The second kappa shape index (κ2) is 5.91. The zero-order valence-corrected chi connectivity index (χ0v) is 13.0. The van der Waals surface area contributed by atoms with Crippen LogP contribution in [0.25, 0.3) is 11.4 Å². The number of nitrogens with two attached hydrogens (primary N) is 1. The molecule has 0 fully saturated rings. The molecule has 1 aromatic carbocycles. The predicted octanol–water partition coefficient (Wildman–Crippen LogP) is 1.89. The molecule has 8 heteroatoms. The minimum absolute atomic E-state index is 0.0411. The van der Waals surface area contributed by atoms with Crippen molar-refractivity contribution in [3.63, 3.8) is 0 Å². The van der Waals surface area contributed by atoms with Crippen LogP contribution in [0.5, 0.6) is 0 Å². The van der Waals surface area contributed by atoms with E-state index in [9.17, 15) is 8.42 Å². The van der Waals surface area contributed by atoms with Gasteiger partial charge in [-0.25, -0.2) is 23.4 Å². The number of sulfone groups is 1. The van der Waals surface area contributed by atoms with Crippen LogP contribution in [0, 0.1) is 0 Å². The Bertz CT molecular complexity index is 875. The van der Waals surface area contributed by atoms with E-state index in [0.717, 1.165) is 16.9 Å². The van der Waals surface area contributed by atoms with Crippen LogP contribution in [0.4, 0.5) is 0 Å². The molecule has 0 atom stereocenters. The molecule has 112 valence electrons. The normalized spacial score (nSPS) is 11.5. The Morgan fingerprint density at radius 1 is 1.00 bits per heavy atom. The second-order valence-electron chi connectivity index (χ2n) is 4.39. The highest BCUT2D eigenvalue weighted by molar-refractivity contribution is 7.93. The minimum atomic E-state index is -3.65. The topological polar surface area (TPSA) is 98.8 Å². The molecule has 0 unspecified atom stereocenters. The van der Waals surface area contributed by atoms with Crippen LogP contribution in [-0.4, -0.2) is 23.4 Å². The van der Waals surface area contributed by atoms with E-state index >= 15 is 0 Å². The molecule has 2 N–H and O–H groups in total. The average Bonchev–Trinajstić information content (AvgIpc) is 3.06. The molecule has 0 aliphatic carbocycles. The van der Waals surface area contributed by atoms with Crippen molar-refractivity contribution in [3.05, 3.63) is 53.9 Å². The molecule has 2 aromatic heterocycles. The first-order chi connectivity index (χ1) is 10.6. The third-order valence-electron chi connectivity index (χ3n) is 2.94. The number of hydrogen-bond donors (Lipinski definition) is 1. The molecule has 3 rings (SSSR count). The maximum absolute atomic E-state index is 12.5. The van der Waals surface area contributed by atoms with E-state index < -0.39 is 9.84 Å². The molecule has 0 saturated heterocycles. The zero-order chi connectivity index (χ0) is 15.6. The van der Waals surface area contributed by atoms with Gasteiger partial charge in [-0.15, -0.1) is 11.3 Å². The largest absolute Gasteiger partial charge is 0.325 e. The van der Waals surface area contributed by atoms with Gasteiger partial charge in [0.05, 0.1) is 18.6 Å². The lowest BCUT2D eigenvalue weighted by atomic mass is 10.2. The maximum atomic E-state index is 12.5. The van der Waals surface area contributed by atoms with Crippen LogP contribution in [0.2, 0.25) is 0 Å². The standard InChI is InChI=1S/C14H12N4O2S2/c15-6-12-16-9-13(21-12)22(19,20)11-7-17-14(18-8-11)10-4-2-1-3-5-10/h1-5,7-9H,6,15H2. The van der Waals surface area contributed by atoms with Gasteiger partial charge in [-0.3, -0.25) is 0 Å². The van der Waals surface area contributed by atoms with E-state index in [4.69, 9.17) is 5.73 Å². The van der Waals surface area contributed by atoms with Gasteiger partial charge >= 0.3 is 0 Å². The van der Waals surface area contributed by atoms with E-state index in [0.29, 0.717) is 10.8 Å². The van der Waals surface area contributed by atoms with Gasteiger partial charge in [-0.05, 0) is 0 Å². The van der Waals surface area contributed by atoms with E-state index in [1.165, 1.54) is 18.6 Å². The van der Waals surface area contributed by atoms with Crippen molar-refractivity contribution in [3.8, 4) is 11.4 Å². The van der Waals surface area contributed by atoms with Crippen LogP contribution < -0.4 is 5.73 Å². The third kappa shape index (κ3) is 2.76. The number of nitrogens with zero attached hydrogens (tertiary/aromatic N) is 3. The van der Waals surface area contributed by atoms with Crippen molar-refractivity contribution in [1.29, 1.82) is 0 Å². The Morgan fingerprint density at radius 2 is 1.68 bits per heavy atom. The summed E-state index contributed by atoms with van der Waals surface area (Å²) in [5, 5.41) is 0.570. The summed E-state index contributed by atoms with van der Waals surface area (Å²) >= 11 is 1.06. The molecule has 0 radical (unpaired) electrons. The Kier molecular flexibility index (Phi) is 3.97. The number of benzene rings is 1. The molecule has 6 nitrogen and oxygen atoms in total. The highest BCUT2D eigenvalue weighted by atomic mass is 32.2. The molecule has 0 bridgehead atoms. The van der Waals surface area contributed by atoms with Gasteiger partial charge in [0, 0.05) is 12.1 Å². The first-order valence-electron chi connectivity index (χ1n) is 6.38. The van der Waals surface area contributed by atoms with E-state index in [1.807, 2.05) is 30.3 Å². The predicted molar refractivity (Wildman–Crippen MR) is 82.9 cm³/mol. The molecule has 0 aliphatic heterocycles. The lowest BCUT2D eigenvalue weighted by Crippen LogP contribution is -2.02. The lowest BCUT2D eigenvalue weighted by Gasteiger charge is -2.02. The van der Waals surface area contributed by atoms with Gasteiger partial charge in [0.2, 0.25) is 9.84 Å². The van der Waals surface area contributed by atoms with E-state index in [1.54, 1.807) is 0 Å². The molecule has 0 aliphatic rings. The zero-order valence-electron chi connectivity index (χ0n) is 11.4. The fraction of sp³-hybridized carbons (Fsp3) is 0.0714. The van der Waals surface area contributed by atoms with Crippen LogP contribution in [0.1, 0.15) is 5.01 Å². The number of rotatable bonds is 4. The average molecular weight is 332 g/mol. The maximum Gasteiger partial charge on any atom is 0.220 e. The molecule has 0 saturated carbocycles. The Hall–Kier alpha value is -2.16. The van der Waals surface area contributed by atoms with Gasteiger partial charge in [-0.2, -0.15) is 0 Å². The third-order valence-corrected chi connectivity index (χ3v) is 6.13. The van der Waals surface area contributed by atoms with Crippen LogP contribution in [0.3, 0.4) is 0 Å². The fourth-order valence-corrected chi connectivity index (χ4v) is 4.17. The monoisotopic (exact) mass is 332 g/mol. The van der Waals surface area contributed by atoms with Gasteiger partial charge < -0.3 is 5.73 Å².